The number of ether oxygens (including phenoxy) is 1. The molecular weight excluding hydrogens is 418 g/mol. The van der Waals surface area contributed by atoms with Crippen molar-refractivity contribution in [2.45, 2.75) is 6.73 Å². The summed E-state index contributed by atoms with van der Waals surface area (Å²) in [5.74, 6) is 1.06. The number of aromatic nitrogens is 3. The van der Waals surface area contributed by atoms with Gasteiger partial charge in [0.15, 0.2) is 0 Å². The lowest BCUT2D eigenvalue weighted by Gasteiger charge is -2.34. The van der Waals surface area contributed by atoms with Gasteiger partial charge >= 0.3 is 0 Å². The summed E-state index contributed by atoms with van der Waals surface area (Å²) in [6, 6.07) is 12.4. The van der Waals surface area contributed by atoms with Gasteiger partial charge in [-0.2, -0.15) is 5.10 Å². The van der Waals surface area contributed by atoms with Crippen molar-refractivity contribution < 1.29 is 4.74 Å². The Labute approximate surface area is 186 Å². The first-order chi connectivity index (χ1) is 14.5. The summed E-state index contributed by atoms with van der Waals surface area (Å²) in [7, 11) is 2.55. The average Bonchev–Trinajstić information content (AvgIpc) is 3.09. The van der Waals surface area contributed by atoms with Crippen LogP contribution in [0.3, 0.4) is 0 Å². The van der Waals surface area contributed by atoms with Gasteiger partial charge in [-0.25, -0.2) is 9.67 Å². The first-order valence-corrected chi connectivity index (χ1v) is 12.8. The summed E-state index contributed by atoms with van der Waals surface area (Å²) in [5.41, 5.74) is 4.87. The van der Waals surface area contributed by atoms with Crippen LogP contribution in [-0.2, 0) is 22.4 Å². The third-order valence-corrected chi connectivity index (χ3v) is 6.62. The largest absolute Gasteiger partial charge is 0.369 e. The smallest absolute Gasteiger partial charge is 0.140 e. The van der Waals surface area contributed by atoms with Crippen LogP contribution < -0.4 is 4.90 Å². The third-order valence-electron chi connectivity index (χ3n) is 5.42. The second-order valence-corrected chi connectivity index (χ2v) is 10.7. The summed E-state index contributed by atoms with van der Waals surface area (Å²) >= 11 is 6.20. The van der Waals surface area contributed by atoms with Gasteiger partial charge in [0.2, 0.25) is 0 Å². The van der Waals surface area contributed by atoms with Gasteiger partial charge in [-0.1, -0.05) is 23.7 Å². The molecule has 2 aromatic heterocycles. The Bertz CT molecular complexity index is 983. The van der Waals surface area contributed by atoms with E-state index in [4.69, 9.17) is 21.4 Å². The second-order valence-electron chi connectivity index (χ2n) is 7.91. The van der Waals surface area contributed by atoms with Crippen LogP contribution >= 0.6 is 11.6 Å². The Kier molecular flexibility index (Phi) is 6.83. The van der Waals surface area contributed by atoms with Crippen LogP contribution in [0.2, 0.25) is 5.15 Å². The quantitative estimate of drug-likeness (QED) is 0.316. The highest BCUT2D eigenvalue weighted by Gasteiger charge is 2.17. The Morgan fingerprint density at radius 3 is 2.47 bits per heavy atom. The molecule has 0 saturated carbocycles. The molecule has 0 atom stereocenters. The maximum absolute atomic E-state index is 6.20. The molecule has 0 unspecified atom stereocenters. The van der Waals surface area contributed by atoms with Crippen molar-refractivity contribution in [1.82, 2.24) is 19.7 Å². The number of rotatable bonds is 7. The zero-order chi connectivity index (χ0) is 21.1. The highest BCUT2D eigenvalue weighted by molar-refractivity contribution is 7.95. The number of halogens is 1. The summed E-state index contributed by atoms with van der Waals surface area (Å²) < 4.78 is 7.74. The molecule has 30 heavy (non-hydrogen) atoms. The zero-order valence-corrected chi connectivity index (χ0v) is 19.4. The van der Waals surface area contributed by atoms with E-state index in [9.17, 15) is 0 Å². The molecule has 8 heteroatoms. The molecule has 0 radical (unpaired) electrons. The van der Waals surface area contributed by atoms with Crippen molar-refractivity contribution in [2.24, 2.45) is 0 Å². The monoisotopic (exact) mass is 446 g/mol. The number of likely N-dealkylation sites (N-methyl/N-ethyl adjacent to an activating group) is 1. The normalized spacial score (nSPS) is 15.4. The maximum Gasteiger partial charge on any atom is 0.140 e. The molecule has 160 valence electrons. The van der Waals surface area contributed by atoms with Crippen LogP contribution in [-0.4, -0.2) is 77.8 Å². The fourth-order valence-corrected chi connectivity index (χ4v) is 4.20. The topological polar surface area (TPSA) is 46.4 Å². The molecule has 0 aliphatic carbocycles. The van der Waals surface area contributed by atoms with E-state index in [1.807, 2.05) is 10.7 Å². The van der Waals surface area contributed by atoms with Gasteiger partial charge in [0, 0.05) is 37.4 Å². The molecule has 6 nitrogen and oxygen atoms in total. The van der Waals surface area contributed by atoms with Crippen molar-refractivity contribution in [2.75, 3.05) is 63.0 Å². The van der Waals surface area contributed by atoms with E-state index < -0.39 is 0 Å². The molecule has 4 rings (SSSR count). The average molecular weight is 447 g/mol. The highest BCUT2D eigenvalue weighted by atomic mass is 35.5. The molecule has 3 heterocycles. The SMILES string of the molecule is CN1CCN(c2ccc(-c3nn(COCC[S+](C)C)c4ccc(Cl)nc34)cc2)CC1. The van der Waals surface area contributed by atoms with Crippen molar-refractivity contribution in [3.8, 4) is 11.3 Å². The minimum absolute atomic E-state index is 0.374. The number of anilines is 1. The number of piperazine rings is 1. The molecule has 1 saturated heterocycles. The predicted molar refractivity (Wildman–Crippen MR) is 128 cm³/mol. The van der Waals surface area contributed by atoms with Gasteiger partial charge in [0.05, 0.1) is 24.6 Å². The van der Waals surface area contributed by atoms with Crippen molar-refractivity contribution >= 4 is 39.2 Å². The van der Waals surface area contributed by atoms with Gasteiger partial charge in [0.1, 0.15) is 28.8 Å². The van der Waals surface area contributed by atoms with E-state index in [0.717, 1.165) is 60.8 Å². The highest BCUT2D eigenvalue weighted by Crippen LogP contribution is 2.29. The molecule has 0 spiro atoms. The van der Waals surface area contributed by atoms with Crippen LogP contribution in [0.1, 0.15) is 0 Å². The van der Waals surface area contributed by atoms with E-state index in [-0.39, 0.29) is 0 Å². The standard InChI is InChI=1S/C22H29ClN5OS/c1-26-10-12-27(13-11-26)18-6-4-17(5-7-18)21-22-19(8-9-20(23)24-22)28(25-21)16-29-14-15-30(2)3/h4-9H,10-16H2,1-3H3/q+1. The first kappa shape index (κ1) is 21.4. The Morgan fingerprint density at radius 2 is 1.77 bits per heavy atom. The van der Waals surface area contributed by atoms with Crippen LogP contribution in [0.5, 0.6) is 0 Å². The third kappa shape index (κ3) is 4.91. The number of fused-ring (bicyclic) bond motifs is 1. The Hall–Kier alpha value is -1.80. The fourth-order valence-electron chi connectivity index (χ4n) is 3.60. The van der Waals surface area contributed by atoms with Crippen LogP contribution in [0.15, 0.2) is 36.4 Å². The molecule has 1 aromatic carbocycles. The van der Waals surface area contributed by atoms with E-state index in [2.05, 4.69) is 58.6 Å². The summed E-state index contributed by atoms with van der Waals surface area (Å²) in [6.07, 6.45) is 4.45. The fraction of sp³-hybridized carbons (Fsp3) is 0.455. The summed E-state index contributed by atoms with van der Waals surface area (Å²) in [6.45, 7) is 5.44. The minimum atomic E-state index is 0.374. The van der Waals surface area contributed by atoms with Crippen molar-refractivity contribution in [3.63, 3.8) is 0 Å². The lowest BCUT2D eigenvalue weighted by Crippen LogP contribution is -2.44. The number of nitrogens with zero attached hydrogens (tertiary/aromatic N) is 5. The maximum atomic E-state index is 6.20. The Morgan fingerprint density at radius 1 is 1.03 bits per heavy atom. The Balaban J connectivity index is 1.57. The number of benzene rings is 1. The van der Waals surface area contributed by atoms with E-state index in [1.165, 1.54) is 5.69 Å². The lowest BCUT2D eigenvalue weighted by molar-refractivity contribution is 0.0843. The predicted octanol–water partition coefficient (Wildman–Crippen LogP) is 3.36. The van der Waals surface area contributed by atoms with Crippen LogP contribution in [0.25, 0.3) is 22.3 Å². The van der Waals surface area contributed by atoms with E-state index >= 15 is 0 Å². The zero-order valence-electron chi connectivity index (χ0n) is 17.8. The van der Waals surface area contributed by atoms with Gasteiger partial charge in [-0.15, -0.1) is 0 Å². The van der Waals surface area contributed by atoms with Gasteiger partial charge in [-0.05, 0) is 42.2 Å². The number of hydrogen-bond acceptors (Lipinski definition) is 5. The summed E-state index contributed by atoms with van der Waals surface area (Å²) in [5, 5.41) is 5.29. The molecule has 0 bridgehead atoms. The van der Waals surface area contributed by atoms with Crippen LogP contribution in [0.4, 0.5) is 5.69 Å². The van der Waals surface area contributed by atoms with Crippen LogP contribution in [0, 0.1) is 0 Å². The molecule has 0 amide bonds. The van der Waals surface area contributed by atoms with Gasteiger partial charge in [-0.3, -0.25) is 0 Å². The minimum Gasteiger partial charge on any atom is -0.369 e. The summed E-state index contributed by atoms with van der Waals surface area (Å²) in [4.78, 5) is 9.35. The van der Waals surface area contributed by atoms with Gasteiger partial charge < -0.3 is 14.5 Å². The molecule has 1 aliphatic rings. The number of hydrogen-bond donors (Lipinski definition) is 0. The number of pyridine rings is 1. The molecule has 3 aromatic rings. The first-order valence-electron chi connectivity index (χ1n) is 10.2. The van der Waals surface area contributed by atoms with E-state index in [1.54, 1.807) is 6.07 Å². The van der Waals surface area contributed by atoms with Crippen molar-refractivity contribution in [1.29, 1.82) is 0 Å². The lowest BCUT2D eigenvalue weighted by atomic mass is 10.1. The molecule has 1 aliphatic heterocycles. The molecule has 0 N–H and O–H groups in total. The molecular formula is C22H29ClN5OS+. The second kappa shape index (κ2) is 9.56. The molecule has 1 fully saturated rings. The van der Waals surface area contributed by atoms with Crippen molar-refractivity contribution in [3.05, 3.63) is 41.6 Å². The van der Waals surface area contributed by atoms with E-state index in [0.29, 0.717) is 22.8 Å². The van der Waals surface area contributed by atoms with Gasteiger partial charge in [0.25, 0.3) is 0 Å².